The van der Waals surface area contributed by atoms with Crippen molar-refractivity contribution in [3.8, 4) is 11.8 Å². The van der Waals surface area contributed by atoms with Crippen LogP contribution in [-0.2, 0) is 10.2 Å². The second-order valence-electron chi connectivity index (χ2n) is 9.13. The normalized spacial score (nSPS) is 13.8. The van der Waals surface area contributed by atoms with Gasteiger partial charge in [0.25, 0.3) is 0 Å². The molecule has 1 aliphatic carbocycles. The Morgan fingerprint density at radius 3 is 2.21 bits per heavy atom. The minimum atomic E-state index is -0.342. The quantitative estimate of drug-likeness (QED) is 0.330. The summed E-state index contributed by atoms with van der Waals surface area (Å²) in [5.74, 6) is 6.40. The number of hydrogen-bond acceptors (Lipinski definition) is 2. The average molecular weight is 433 g/mol. The third-order valence-corrected chi connectivity index (χ3v) is 6.25. The van der Waals surface area contributed by atoms with Crippen LogP contribution in [0.2, 0.25) is 0 Å². The molecule has 0 atom stereocenters. The minimum absolute atomic E-state index is 0.0480. The van der Waals surface area contributed by atoms with Gasteiger partial charge in [0.15, 0.2) is 0 Å². The molecule has 0 bridgehead atoms. The Morgan fingerprint density at radius 2 is 1.55 bits per heavy atom. The number of fused-ring (bicyclic) bond motifs is 1. The Labute approximate surface area is 196 Å². The molecule has 3 aromatic rings. The van der Waals surface area contributed by atoms with Crippen molar-refractivity contribution in [2.45, 2.75) is 32.6 Å². The standard InChI is InChI=1S/C31H28O2/c1-21-6-8-23(9-7-21)10-11-25-18-19-31(3,4)29-17-16-27(20-28(25)29)22(2)24-12-14-26(15-13-24)30(32)33-5/h6-9,12-18,20H,2,19H2,1,3-5H3. The summed E-state index contributed by atoms with van der Waals surface area (Å²) in [5.41, 5.74) is 9.25. The largest absolute Gasteiger partial charge is 0.465 e. The van der Waals surface area contributed by atoms with Crippen LogP contribution in [0, 0.1) is 18.8 Å². The summed E-state index contributed by atoms with van der Waals surface area (Å²) in [6, 6.07) is 22.2. The molecule has 0 N–H and O–H groups in total. The molecule has 0 amide bonds. The Balaban J connectivity index is 1.69. The number of aryl methyl sites for hydroxylation is 1. The molecular weight excluding hydrogens is 404 g/mol. The number of benzene rings is 3. The van der Waals surface area contributed by atoms with Gasteiger partial charge < -0.3 is 4.74 Å². The molecule has 0 aliphatic heterocycles. The van der Waals surface area contributed by atoms with Gasteiger partial charge in [-0.3, -0.25) is 0 Å². The predicted octanol–water partition coefficient (Wildman–Crippen LogP) is 6.96. The van der Waals surface area contributed by atoms with Crippen LogP contribution in [0.4, 0.5) is 0 Å². The second kappa shape index (κ2) is 8.96. The van der Waals surface area contributed by atoms with E-state index in [-0.39, 0.29) is 11.4 Å². The van der Waals surface area contributed by atoms with Crippen LogP contribution in [0.1, 0.15) is 64.0 Å². The molecule has 0 aromatic heterocycles. The van der Waals surface area contributed by atoms with E-state index in [1.165, 1.54) is 18.2 Å². The highest BCUT2D eigenvalue weighted by molar-refractivity contribution is 5.91. The molecule has 0 saturated carbocycles. The number of allylic oxidation sites excluding steroid dienone is 2. The molecule has 33 heavy (non-hydrogen) atoms. The van der Waals surface area contributed by atoms with Crippen LogP contribution in [0.5, 0.6) is 0 Å². The van der Waals surface area contributed by atoms with E-state index in [1.807, 2.05) is 12.1 Å². The maximum Gasteiger partial charge on any atom is 0.337 e. The van der Waals surface area contributed by atoms with Gasteiger partial charge in [-0.15, -0.1) is 0 Å². The second-order valence-corrected chi connectivity index (χ2v) is 9.13. The summed E-state index contributed by atoms with van der Waals surface area (Å²) in [6.45, 7) is 11.0. The van der Waals surface area contributed by atoms with Gasteiger partial charge in [-0.1, -0.05) is 80.3 Å². The van der Waals surface area contributed by atoms with Gasteiger partial charge in [-0.25, -0.2) is 4.79 Å². The maximum atomic E-state index is 11.7. The fraction of sp³-hybridized carbons (Fsp3) is 0.194. The molecule has 1 aliphatic rings. The topological polar surface area (TPSA) is 26.3 Å². The van der Waals surface area contributed by atoms with Crippen molar-refractivity contribution >= 4 is 17.1 Å². The third-order valence-electron chi connectivity index (χ3n) is 6.25. The number of ether oxygens (including phenoxy) is 1. The Morgan fingerprint density at radius 1 is 0.909 bits per heavy atom. The molecule has 2 nitrogen and oxygen atoms in total. The highest BCUT2D eigenvalue weighted by Gasteiger charge is 2.28. The smallest absolute Gasteiger partial charge is 0.337 e. The average Bonchev–Trinajstić information content (AvgIpc) is 2.83. The first-order valence-corrected chi connectivity index (χ1v) is 11.1. The molecular formula is C31H28O2. The number of methoxy groups -OCH3 is 1. The van der Waals surface area contributed by atoms with E-state index in [2.05, 4.69) is 87.7 Å². The van der Waals surface area contributed by atoms with Gasteiger partial charge >= 0.3 is 5.97 Å². The van der Waals surface area contributed by atoms with Crippen molar-refractivity contribution in [2.24, 2.45) is 0 Å². The Kier molecular flexibility index (Phi) is 6.07. The van der Waals surface area contributed by atoms with Crippen molar-refractivity contribution in [3.05, 3.63) is 118 Å². The SMILES string of the molecule is C=C(c1ccc(C(=O)OC)cc1)c1ccc2c(c1)C(C#Cc1ccc(C)cc1)=CCC2(C)C. The van der Waals surface area contributed by atoms with Crippen LogP contribution in [0.25, 0.3) is 11.1 Å². The fourth-order valence-corrected chi connectivity index (χ4v) is 4.11. The first-order chi connectivity index (χ1) is 15.8. The molecule has 0 fully saturated rings. The molecule has 3 aromatic carbocycles. The van der Waals surface area contributed by atoms with Crippen molar-refractivity contribution in [2.75, 3.05) is 7.11 Å². The van der Waals surface area contributed by atoms with Gasteiger partial charge in [0.05, 0.1) is 12.7 Å². The van der Waals surface area contributed by atoms with Crippen LogP contribution in [-0.4, -0.2) is 13.1 Å². The Bertz CT molecular complexity index is 1310. The van der Waals surface area contributed by atoms with E-state index in [1.54, 1.807) is 12.1 Å². The summed E-state index contributed by atoms with van der Waals surface area (Å²) in [6.07, 6.45) is 3.20. The van der Waals surface area contributed by atoms with Crippen LogP contribution < -0.4 is 0 Å². The number of hydrogen-bond donors (Lipinski definition) is 0. The van der Waals surface area contributed by atoms with Crippen molar-refractivity contribution < 1.29 is 9.53 Å². The fourth-order valence-electron chi connectivity index (χ4n) is 4.11. The lowest BCUT2D eigenvalue weighted by Gasteiger charge is -2.31. The van der Waals surface area contributed by atoms with E-state index < -0.39 is 0 Å². The summed E-state index contributed by atoms with van der Waals surface area (Å²) in [7, 11) is 1.39. The van der Waals surface area contributed by atoms with E-state index >= 15 is 0 Å². The Hall–Kier alpha value is -3.83. The monoisotopic (exact) mass is 432 g/mol. The number of esters is 1. The van der Waals surface area contributed by atoms with E-state index in [0.29, 0.717) is 5.56 Å². The highest BCUT2D eigenvalue weighted by Crippen LogP contribution is 2.40. The van der Waals surface area contributed by atoms with Gasteiger partial charge in [-0.2, -0.15) is 0 Å². The van der Waals surface area contributed by atoms with Crippen LogP contribution in [0.3, 0.4) is 0 Å². The van der Waals surface area contributed by atoms with Gasteiger partial charge in [-0.05, 0) is 76.9 Å². The van der Waals surface area contributed by atoms with Gasteiger partial charge in [0, 0.05) is 11.1 Å². The van der Waals surface area contributed by atoms with Crippen LogP contribution in [0.15, 0.2) is 79.4 Å². The minimum Gasteiger partial charge on any atom is -0.465 e. The molecule has 0 heterocycles. The zero-order valence-corrected chi connectivity index (χ0v) is 19.7. The van der Waals surface area contributed by atoms with Crippen molar-refractivity contribution in [3.63, 3.8) is 0 Å². The molecule has 0 saturated heterocycles. The molecule has 0 spiro atoms. The zero-order chi connectivity index (χ0) is 23.6. The lowest BCUT2D eigenvalue weighted by molar-refractivity contribution is 0.0600. The summed E-state index contributed by atoms with van der Waals surface area (Å²) in [4.78, 5) is 11.7. The number of rotatable bonds is 3. The first-order valence-electron chi connectivity index (χ1n) is 11.1. The van der Waals surface area contributed by atoms with E-state index in [4.69, 9.17) is 4.74 Å². The summed E-state index contributed by atoms with van der Waals surface area (Å²) >= 11 is 0. The molecule has 4 rings (SSSR count). The molecule has 164 valence electrons. The van der Waals surface area contributed by atoms with E-state index in [9.17, 15) is 4.79 Å². The van der Waals surface area contributed by atoms with Crippen molar-refractivity contribution in [1.82, 2.24) is 0 Å². The van der Waals surface area contributed by atoms with Crippen molar-refractivity contribution in [1.29, 1.82) is 0 Å². The molecule has 0 radical (unpaired) electrons. The first kappa shape index (κ1) is 22.4. The maximum absolute atomic E-state index is 11.7. The lowest BCUT2D eigenvalue weighted by Crippen LogP contribution is -2.21. The molecule has 0 unspecified atom stereocenters. The summed E-state index contributed by atoms with van der Waals surface area (Å²) < 4.78 is 4.79. The lowest BCUT2D eigenvalue weighted by atomic mass is 9.72. The predicted molar refractivity (Wildman–Crippen MR) is 136 cm³/mol. The summed E-state index contributed by atoms with van der Waals surface area (Å²) in [5, 5.41) is 0. The molecule has 2 heteroatoms. The number of carbonyl (C=O) groups excluding carboxylic acids is 1. The van der Waals surface area contributed by atoms with Gasteiger partial charge in [0.1, 0.15) is 0 Å². The third kappa shape index (κ3) is 4.69. The number of carbonyl (C=O) groups is 1. The highest BCUT2D eigenvalue weighted by atomic mass is 16.5. The zero-order valence-electron chi connectivity index (χ0n) is 19.7. The van der Waals surface area contributed by atoms with Crippen LogP contribution >= 0.6 is 0 Å². The van der Waals surface area contributed by atoms with Gasteiger partial charge in [0.2, 0.25) is 0 Å². The van der Waals surface area contributed by atoms with E-state index in [0.717, 1.165) is 39.8 Å².